The summed E-state index contributed by atoms with van der Waals surface area (Å²) in [6.45, 7) is 2.09. The number of Topliss-reactive ketones (excluding diaryl/α,β-unsaturated/α-hetero) is 1. The van der Waals surface area contributed by atoms with Crippen LogP contribution < -0.4 is 0 Å². The summed E-state index contributed by atoms with van der Waals surface area (Å²) in [5.74, 6) is 0.616. The number of benzene rings is 1. The van der Waals surface area contributed by atoms with Gasteiger partial charge in [0, 0.05) is 24.7 Å². The molecule has 1 heterocycles. The summed E-state index contributed by atoms with van der Waals surface area (Å²) in [5, 5.41) is 0. The summed E-state index contributed by atoms with van der Waals surface area (Å²) in [6, 6.07) is 8.38. The fourth-order valence-corrected chi connectivity index (χ4v) is 3.41. The highest BCUT2D eigenvalue weighted by atomic mass is 16.1. The predicted molar refractivity (Wildman–Crippen MR) is 87.7 cm³/mol. The molecule has 1 unspecified atom stereocenters. The number of carbonyl (C=O) groups is 1. The Morgan fingerprint density at radius 1 is 1.23 bits per heavy atom. The van der Waals surface area contributed by atoms with Gasteiger partial charge >= 0.3 is 0 Å². The molecule has 2 aromatic rings. The highest BCUT2D eigenvalue weighted by Crippen LogP contribution is 2.29. The first-order valence-electron chi connectivity index (χ1n) is 8.31. The highest BCUT2D eigenvalue weighted by Gasteiger charge is 2.29. The van der Waals surface area contributed by atoms with Gasteiger partial charge < -0.3 is 4.57 Å². The molecule has 0 spiro atoms. The quantitative estimate of drug-likeness (QED) is 0.831. The molecule has 1 atom stereocenters. The van der Waals surface area contributed by atoms with Crippen molar-refractivity contribution < 1.29 is 4.79 Å². The summed E-state index contributed by atoms with van der Waals surface area (Å²) in [5.41, 5.74) is 2.47. The molecule has 1 aromatic heterocycles. The highest BCUT2D eigenvalue weighted by molar-refractivity contribution is 5.85. The van der Waals surface area contributed by atoms with Crippen molar-refractivity contribution in [2.75, 3.05) is 0 Å². The number of aryl methyl sites for hydroxylation is 1. The number of ketones is 1. The molecule has 3 heteroatoms. The average Bonchev–Trinajstić information content (AvgIpc) is 3.09. The zero-order valence-corrected chi connectivity index (χ0v) is 13.2. The third-order valence-corrected chi connectivity index (χ3v) is 4.77. The van der Waals surface area contributed by atoms with Crippen LogP contribution in [0, 0.1) is 12.8 Å². The van der Waals surface area contributed by atoms with Gasteiger partial charge in [-0.15, -0.1) is 0 Å². The van der Waals surface area contributed by atoms with Crippen molar-refractivity contribution in [3.8, 4) is 0 Å². The van der Waals surface area contributed by atoms with Crippen LogP contribution in [0.15, 0.2) is 43.0 Å². The first-order chi connectivity index (χ1) is 10.7. The molecule has 1 aromatic carbocycles. The van der Waals surface area contributed by atoms with Crippen molar-refractivity contribution in [2.45, 2.75) is 51.5 Å². The van der Waals surface area contributed by atoms with E-state index in [-0.39, 0.29) is 12.0 Å². The third kappa shape index (κ3) is 3.46. The molecule has 0 amide bonds. The average molecular weight is 296 g/mol. The van der Waals surface area contributed by atoms with Crippen LogP contribution in [-0.4, -0.2) is 15.3 Å². The molecule has 0 N–H and O–H groups in total. The molecule has 0 bridgehead atoms. The Hall–Kier alpha value is -1.90. The molecule has 0 aliphatic heterocycles. The Bertz CT molecular complexity index is 595. The second kappa shape index (κ2) is 6.91. The van der Waals surface area contributed by atoms with E-state index in [9.17, 15) is 4.79 Å². The lowest BCUT2D eigenvalue weighted by Crippen LogP contribution is -2.29. The lowest BCUT2D eigenvalue weighted by molar-refractivity contribution is -0.127. The smallest absolute Gasteiger partial charge is 0.159 e. The van der Waals surface area contributed by atoms with Crippen LogP contribution in [0.5, 0.6) is 0 Å². The maximum Gasteiger partial charge on any atom is 0.159 e. The molecule has 1 fully saturated rings. The lowest BCUT2D eigenvalue weighted by Gasteiger charge is -2.26. The monoisotopic (exact) mass is 296 g/mol. The molecule has 116 valence electrons. The fourth-order valence-electron chi connectivity index (χ4n) is 3.41. The van der Waals surface area contributed by atoms with E-state index < -0.39 is 0 Å². The van der Waals surface area contributed by atoms with Gasteiger partial charge in [0.15, 0.2) is 5.78 Å². The minimum atomic E-state index is -0.117. The first-order valence-corrected chi connectivity index (χ1v) is 8.31. The molecule has 0 saturated heterocycles. The Labute approximate surface area is 132 Å². The van der Waals surface area contributed by atoms with Crippen LogP contribution in [-0.2, 0) is 11.2 Å². The third-order valence-electron chi connectivity index (χ3n) is 4.77. The van der Waals surface area contributed by atoms with Gasteiger partial charge in [0.2, 0.25) is 0 Å². The number of carbonyl (C=O) groups excluding carboxylic acids is 1. The molecule has 1 saturated carbocycles. The fraction of sp³-hybridized carbons (Fsp3) is 0.474. The minimum absolute atomic E-state index is 0.117. The Morgan fingerprint density at radius 3 is 2.59 bits per heavy atom. The second-order valence-electron chi connectivity index (χ2n) is 6.45. The van der Waals surface area contributed by atoms with Crippen LogP contribution >= 0.6 is 0 Å². The van der Waals surface area contributed by atoms with E-state index in [1.807, 2.05) is 10.8 Å². The number of imidazole rings is 1. The van der Waals surface area contributed by atoms with Crippen molar-refractivity contribution in [1.29, 1.82) is 0 Å². The summed E-state index contributed by atoms with van der Waals surface area (Å²) >= 11 is 0. The van der Waals surface area contributed by atoms with Crippen molar-refractivity contribution in [3.63, 3.8) is 0 Å². The van der Waals surface area contributed by atoms with Crippen LogP contribution in [0.2, 0.25) is 0 Å². The molecular weight excluding hydrogens is 272 g/mol. The van der Waals surface area contributed by atoms with Crippen molar-refractivity contribution >= 4 is 5.78 Å². The van der Waals surface area contributed by atoms with Gasteiger partial charge in [0.1, 0.15) is 0 Å². The van der Waals surface area contributed by atoms with E-state index in [4.69, 9.17) is 0 Å². The SMILES string of the molecule is Cc1ccc(CC(C(=O)C2CCCCC2)n2ccnc2)cc1. The number of rotatable bonds is 5. The van der Waals surface area contributed by atoms with Gasteiger partial charge in [-0.05, 0) is 25.3 Å². The minimum Gasteiger partial charge on any atom is -0.327 e. The zero-order valence-electron chi connectivity index (χ0n) is 13.2. The largest absolute Gasteiger partial charge is 0.327 e. The van der Waals surface area contributed by atoms with Gasteiger partial charge in [-0.1, -0.05) is 49.1 Å². The Morgan fingerprint density at radius 2 is 1.95 bits per heavy atom. The van der Waals surface area contributed by atoms with E-state index in [0.29, 0.717) is 5.78 Å². The van der Waals surface area contributed by atoms with E-state index >= 15 is 0 Å². The van der Waals surface area contributed by atoms with Crippen molar-refractivity contribution in [1.82, 2.24) is 9.55 Å². The number of hydrogen-bond acceptors (Lipinski definition) is 2. The molecule has 3 rings (SSSR count). The van der Waals surface area contributed by atoms with Crippen molar-refractivity contribution in [3.05, 3.63) is 54.1 Å². The summed E-state index contributed by atoms with van der Waals surface area (Å²) in [7, 11) is 0. The van der Waals surface area contributed by atoms with Gasteiger partial charge in [-0.25, -0.2) is 4.98 Å². The number of hydrogen-bond donors (Lipinski definition) is 0. The predicted octanol–water partition coefficient (Wildman–Crippen LogP) is 4.12. The maximum atomic E-state index is 13.0. The zero-order chi connectivity index (χ0) is 15.4. The Balaban J connectivity index is 1.80. The van der Waals surface area contributed by atoms with E-state index in [1.165, 1.54) is 30.4 Å². The molecule has 1 aliphatic rings. The van der Waals surface area contributed by atoms with Crippen molar-refractivity contribution in [2.24, 2.45) is 5.92 Å². The van der Waals surface area contributed by atoms with Gasteiger partial charge in [0.25, 0.3) is 0 Å². The van der Waals surface area contributed by atoms with E-state index in [2.05, 4.69) is 36.2 Å². The standard InChI is InChI=1S/C19H24N2O/c1-15-7-9-16(10-8-15)13-18(21-12-11-20-14-21)19(22)17-5-3-2-4-6-17/h7-12,14,17-18H,2-6,13H2,1H3. The van der Waals surface area contributed by atoms with E-state index in [1.54, 1.807) is 12.5 Å². The molecular formula is C19H24N2O. The van der Waals surface area contributed by atoms with Crippen LogP contribution in [0.3, 0.4) is 0 Å². The second-order valence-corrected chi connectivity index (χ2v) is 6.45. The number of aromatic nitrogens is 2. The first kappa shape index (κ1) is 15.0. The van der Waals surface area contributed by atoms with E-state index in [0.717, 1.165) is 19.3 Å². The number of nitrogens with zero attached hydrogens (tertiary/aromatic N) is 2. The lowest BCUT2D eigenvalue weighted by atomic mass is 9.82. The molecule has 0 radical (unpaired) electrons. The van der Waals surface area contributed by atoms with Gasteiger partial charge in [0.05, 0.1) is 12.4 Å². The topological polar surface area (TPSA) is 34.9 Å². The summed E-state index contributed by atoms with van der Waals surface area (Å²) < 4.78 is 1.98. The molecule has 22 heavy (non-hydrogen) atoms. The van der Waals surface area contributed by atoms with Crippen LogP contribution in [0.4, 0.5) is 0 Å². The normalized spacial score (nSPS) is 17.3. The maximum absolute atomic E-state index is 13.0. The summed E-state index contributed by atoms with van der Waals surface area (Å²) in [4.78, 5) is 17.2. The van der Waals surface area contributed by atoms with Gasteiger partial charge in [-0.2, -0.15) is 0 Å². The molecule has 3 nitrogen and oxygen atoms in total. The Kier molecular flexibility index (Phi) is 4.71. The van der Waals surface area contributed by atoms with Crippen LogP contribution in [0.25, 0.3) is 0 Å². The summed E-state index contributed by atoms with van der Waals surface area (Å²) in [6.07, 6.45) is 12.0. The van der Waals surface area contributed by atoms with Crippen LogP contribution in [0.1, 0.15) is 49.3 Å². The van der Waals surface area contributed by atoms with Gasteiger partial charge in [-0.3, -0.25) is 4.79 Å². The molecule has 1 aliphatic carbocycles.